The van der Waals surface area contributed by atoms with Crippen LogP contribution in [-0.4, -0.2) is 27.7 Å². The quantitative estimate of drug-likeness (QED) is 0.856. The van der Waals surface area contributed by atoms with Crippen LogP contribution >= 0.6 is 11.6 Å². The molecule has 0 atom stereocenters. The zero-order chi connectivity index (χ0) is 15.9. The summed E-state index contributed by atoms with van der Waals surface area (Å²) in [7, 11) is 0. The standard InChI is InChI=1S/C16H21ClN4O/c1-12(2)10-21(11-13-5-3-4-6-15(13)17)16(22)18-9-14-7-8-19-20-14/h3-8,12H,9-11H2,1-2H3,(H,18,22)(H,19,20). The molecule has 0 spiro atoms. The van der Waals surface area contributed by atoms with Crippen LogP contribution in [0.4, 0.5) is 4.79 Å². The predicted molar refractivity (Wildman–Crippen MR) is 87.5 cm³/mol. The molecule has 1 heterocycles. The number of aromatic nitrogens is 2. The summed E-state index contributed by atoms with van der Waals surface area (Å²) >= 11 is 6.20. The molecule has 0 aliphatic rings. The molecule has 2 N–H and O–H groups in total. The van der Waals surface area contributed by atoms with E-state index >= 15 is 0 Å². The molecule has 2 amide bonds. The normalized spacial score (nSPS) is 10.7. The third kappa shape index (κ3) is 4.77. The number of hydrogen-bond acceptors (Lipinski definition) is 2. The molecule has 6 heteroatoms. The second-order valence-corrected chi connectivity index (χ2v) is 6.01. The van der Waals surface area contributed by atoms with Crippen LogP contribution in [0.2, 0.25) is 5.02 Å². The first-order valence-corrected chi connectivity index (χ1v) is 7.68. The van der Waals surface area contributed by atoms with Crippen LogP contribution in [0.25, 0.3) is 0 Å². The average Bonchev–Trinajstić information content (AvgIpc) is 2.99. The Morgan fingerprint density at radius 2 is 2.14 bits per heavy atom. The Balaban J connectivity index is 2.01. The topological polar surface area (TPSA) is 61.0 Å². The van der Waals surface area contributed by atoms with Gasteiger partial charge in [0.15, 0.2) is 0 Å². The van der Waals surface area contributed by atoms with Crippen LogP contribution < -0.4 is 5.32 Å². The van der Waals surface area contributed by atoms with Crippen molar-refractivity contribution in [2.24, 2.45) is 5.92 Å². The number of halogens is 1. The minimum Gasteiger partial charge on any atom is -0.332 e. The van der Waals surface area contributed by atoms with E-state index in [1.54, 1.807) is 11.1 Å². The lowest BCUT2D eigenvalue weighted by molar-refractivity contribution is 0.187. The number of hydrogen-bond donors (Lipinski definition) is 2. The molecule has 0 saturated carbocycles. The molecule has 2 rings (SSSR count). The fourth-order valence-electron chi connectivity index (χ4n) is 2.16. The SMILES string of the molecule is CC(C)CN(Cc1ccccc1Cl)C(=O)NCc1ccn[nH]1. The van der Waals surface area contributed by atoms with Crippen LogP contribution in [0.1, 0.15) is 25.1 Å². The van der Waals surface area contributed by atoms with Crippen molar-refractivity contribution in [3.8, 4) is 0 Å². The van der Waals surface area contributed by atoms with Gasteiger partial charge in [-0.3, -0.25) is 5.10 Å². The molecule has 2 aromatic rings. The molecule has 1 aromatic carbocycles. The Morgan fingerprint density at radius 1 is 1.36 bits per heavy atom. The van der Waals surface area contributed by atoms with Crippen LogP contribution in [0.3, 0.4) is 0 Å². The number of carbonyl (C=O) groups is 1. The first kappa shape index (κ1) is 16.4. The second kappa shape index (κ2) is 7.84. The summed E-state index contributed by atoms with van der Waals surface area (Å²) in [6, 6.07) is 9.32. The van der Waals surface area contributed by atoms with E-state index in [1.807, 2.05) is 30.3 Å². The Morgan fingerprint density at radius 3 is 2.77 bits per heavy atom. The number of nitrogens with zero attached hydrogens (tertiary/aromatic N) is 2. The van der Waals surface area contributed by atoms with Gasteiger partial charge in [-0.1, -0.05) is 43.6 Å². The fraction of sp³-hybridized carbons (Fsp3) is 0.375. The van der Waals surface area contributed by atoms with E-state index in [9.17, 15) is 4.79 Å². The Kier molecular flexibility index (Phi) is 5.83. The zero-order valence-corrected chi connectivity index (χ0v) is 13.6. The maximum Gasteiger partial charge on any atom is 0.318 e. The van der Waals surface area contributed by atoms with E-state index in [4.69, 9.17) is 11.6 Å². The molecule has 0 aliphatic carbocycles. The number of nitrogens with one attached hydrogen (secondary N) is 2. The smallest absolute Gasteiger partial charge is 0.318 e. The van der Waals surface area contributed by atoms with Crippen LogP contribution in [-0.2, 0) is 13.1 Å². The maximum absolute atomic E-state index is 12.4. The molecule has 0 aliphatic heterocycles. The first-order chi connectivity index (χ1) is 10.6. The highest BCUT2D eigenvalue weighted by molar-refractivity contribution is 6.31. The Labute approximate surface area is 135 Å². The first-order valence-electron chi connectivity index (χ1n) is 7.30. The highest BCUT2D eigenvalue weighted by Crippen LogP contribution is 2.17. The highest BCUT2D eigenvalue weighted by atomic mass is 35.5. The van der Waals surface area contributed by atoms with Gasteiger partial charge in [-0.05, 0) is 23.6 Å². The van der Waals surface area contributed by atoms with Gasteiger partial charge >= 0.3 is 6.03 Å². The fourth-order valence-corrected chi connectivity index (χ4v) is 2.35. The van der Waals surface area contributed by atoms with Crippen molar-refractivity contribution in [1.29, 1.82) is 0 Å². The number of rotatable bonds is 6. The number of H-pyrrole nitrogens is 1. The molecule has 0 unspecified atom stereocenters. The van der Waals surface area contributed by atoms with Crippen LogP contribution in [0.5, 0.6) is 0 Å². The Hall–Kier alpha value is -2.01. The van der Waals surface area contributed by atoms with Crippen molar-refractivity contribution in [2.75, 3.05) is 6.54 Å². The van der Waals surface area contributed by atoms with E-state index < -0.39 is 0 Å². The summed E-state index contributed by atoms with van der Waals surface area (Å²) in [6.07, 6.45) is 1.66. The van der Waals surface area contributed by atoms with Crippen molar-refractivity contribution in [1.82, 2.24) is 20.4 Å². The minimum absolute atomic E-state index is 0.108. The van der Waals surface area contributed by atoms with Crippen molar-refractivity contribution < 1.29 is 4.79 Å². The molecule has 22 heavy (non-hydrogen) atoms. The summed E-state index contributed by atoms with van der Waals surface area (Å²) < 4.78 is 0. The van der Waals surface area contributed by atoms with Crippen molar-refractivity contribution in [3.63, 3.8) is 0 Å². The van der Waals surface area contributed by atoms with Crippen molar-refractivity contribution in [3.05, 3.63) is 52.8 Å². The van der Waals surface area contributed by atoms with Gasteiger partial charge in [-0.2, -0.15) is 5.10 Å². The van der Waals surface area contributed by atoms with Gasteiger partial charge in [0.1, 0.15) is 0 Å². The van der Waals surface area contributed by atoms with E-state index in [0.717, 1.165) is 11.3 Å². The predicted octanol–water partition coefficient (Wildman–Crippen LogP) is 3.43. The summed E-state index contributed by atoms with van der Waals surface area (Å²) in [5.74, 6) is 0.375. The van der Waals surface area contributed by atoms with Gasteiger partial charge in [0, 0.05) is 24.3 Å². The average molecular weight is 321 g/mol. The number of aromatic amines is 1. The largest absolute Gasteiger partial charge is 0.332 e. The molecule has 0 bridgehead atoms. The number of benzene rings is 1. The van der Waals surface area contributed by atoms with Crippen molar-refractivity contribution in [2.45, 2.75) is 26.9 Å². The third-order valence-electron chi connectivity index (χ3n) is 3.18. The van der Waals surface area contributed by atoms with Gasteiger partial charge in [0.05, 0.1) is 12.2 Å². The molecular weight excluding hydrogens is 300 g/mol. The molecule has 1 aromatic heterocycles. The lowest BCUT2D eigenvalue weighted by Crippen LogP contribution is -2.41. The van der Waals surface area contributed by atoms with E-state index in [-0.39, 0.29) is 6.03 Å². The summed E-state index contributed by atoms with van der Waals surface area (Å²) in [6.45, 7) is 5.76. The Bertz CT molecular complexity index is 598. The van der Waals surface area contributed by atoms with Gasteiger partial charge < -0.3 is 10.2 Å². The number of carbonyl (C=O) groups excluding carboxylic acids is 1. The number of urea groups is 1. The van der Waals surface area contributed by atoms with Crippen LogP contribution in [0, 0.1) is 5.92 Å². The highest BCUT2D eigenvalue weighted by Gasteiger charge is 2.16. The monoisotopic (exact) mass is 320 g/mol. The molecule has 0 saturated heterocycles. The lowest BCUT2D eigenvalue weighted by Gasteiger charge is -2.25. The van der Waals surface area contributed by atoms with Gasteiger partial charge in [0.2, 0.25) is 0 Å². The minimum atomic E-state index is -0.108. The molecule has 118 valence electrons. The zero-order valence-electron chi connectivity index (χ0n) is 12.8. The lowest BCUT2D eigenvalue weighted by atomic mass is 10.1. The summed E-state index contributed by atoms with van der Waals surface area (Å²) in [5, 5.41) is 10.3. The maximum atomic E-state index is 12.4. The van der Waals surface area contributed by atoms with E-state index in [0.29, 0.717) is 30.6 Å². The second-order valence-electron chi connectivity index (χ2n) is 5.61. The summed E-state index contributed by atoms with van der Waals surface area (Å²) in [4.78, 5) is 14.2. The van der Waals surface area contributed by atoms with E-state index in [1.165, 1.54) is 0 Å². The molecule has 0 radical (unpaired) electrons. The van der Waals surface area contributed by atoms with Gasteiger partial charge in [-0.15, -0.1) is 0 Å². The van der Waals surface area contributed by atoms with Gasteiger partial charge in [0.25, 0.3) is 0 Å². The number of amides is 2. The molecular formula is C16H21ClN4O. The summed E-state index contributed by atoms with van der Waals surface area (Å²) in [5.41, 5.74) is 1.82. The molecule has 5 nitrogen and oxygen atoms in total. The van der Waals surface area contributed by atoms with Gasteiger partial charge in [-0.25, -0.2) is 4.79 Å². The third-order valence-corrected chi connectivity index (χ3v) is 3.55. The van der Waals surface area contributed by atoms with E-state index in [2.05, 4.69) is 29.4 Å². The van der Waals surface area contributed by atoms with Crippen molar-refractivity contribution >= 4 is 17.6 Å². The molecule has 0 fully saturated rings. The van der Waals surface area contributed by atoms with Crippen LogP contribution in [0.15, 0.2) is 36.5 Å².